The fourth-order valence-corrected chi connectivity index (χ4v) is 6.83. The molecule has 3 aliphatic rings. The van der Waals surface area contributed by atoms with Crippen molar-refractivity contribution in [1.29, 1.82) is 0 Å². The number of rotatable bonds is 5. The maximum atomic E-state index is 14.5. The zero-order chi connectivity index (χ0) is 25.1. The molecule has 180 valence electrons. The molecule has 0 bridgehead atoms. The topological polar surface area (TPSA) is 72.9 Å². The van der Waals surface area contributed by atoms with Crippen molar-refractivity contribution >= 4 is 61.2 Å². The first-order chi connectivity index (χ1) is 16.8. The molecule has 0 unspecified atom stereocenters. The largest absolute Gasteiger partial charge is 0.467 e. The van der Waals surface area contributed by atoms with Gasteiger partial charge in [-0.15, -0.1) is 0 Å². The van der Waals surface area contributed by atoms with E-state index in [1.165, 1.54) is 14.2 Å². The Hall–Kier alpha value is -2.55. The molecule has 0 spiro atoms. The standard InChI is InChI=1S/C27H23Br2NO5/c1-4-11-30-14-17-12-15-13-19(29)9-10-20(15)22-21(24(32)34-2)23(31)27(30,25(33)35-3)26(17,22)16-5-7-18(28)8-6-16/h5-10,12-13H,4,11,14H2,1-3H3/t26-,27-/m1/s1. The van der Waals surface area contributed by atoms with Gasteiger partial charge in [-0.1, -0.05) is 63.1 Å². The van der Waals surface area contributed by atoms with Gasteiger partial charge < -0.3 is 9.47 Å². The van der Waals surface area contributed by atoms with Crippen molar-refractivity contribution in [2.45, 2.75) is 24.3 Å². The summed E-state index contributed by atoms with van der Waals surface area (Å²) in [5.41, 5.74) is 0.594. The van der Waals surface area contributed by atoms with Crippen LogP contribution in [0.4, 0.5) is 0 Å². The number of Topliss-reactive ketones (excluding diaryl/α,β-unsaturated/α-hetero) is 1. The lowest BCUT2D eigenvalue weighted by atomic mass is 9.58. The highest BCUT2D eigenvalue weighted by atomic mass is 79.9. The van der Waals surface area contributed by atoms with E-state index in [-0.39, 0.29) is 5.57 Å². The molecule has 0 radical (unpaired) electrons. The van der Waals surface area contributed by atoms with Gasteiger partial charge in [0.1, 0.15) is 5.57 Å². The van der Waals surface area contributed by atoms with Crippen molar-refractivity contribution in [3.63, 3.8) is 0 Å². The molecule has 2 atom stereocenters. The van der Waals surface area contributed by atoms with Gasteiger partial charge in [0, 0.05) is 15.5 Å². The number of nitrogens with zero attached hydrogens (tertiary/aromatic N) is 1. The van der Waals surface area contributed by atoms with Gasteiger partial charge in [0.05, 0.1) is 19.6 Å². The van der Waals surface area contributed by atoms with Crippen LogP contribution in [-0.2, 0) is 29.3 Å². The summed E-state index contributed by atoms with van der Waals surface area (Å²) in [5, 5.41) is 0. The maximum Gasteiger partial charge on any atom is 0.341 e. The first kappa shape index (κ1) is 24.2. The van der Waals surface area contributed by atoms with Gasteiger partial charge in [-0.3, -0.25) is 9.69 Å². The van der Waals surface area contributed by atoms with E-state index in [9.17, 15) is 14.4 Å². The fourth-order valence-electron chi connectivity index (χ4n) is 6.18. The first-order valence-corrected chi connectivity index (χ1v) is 12.9. The quantitative estimate of drug-likeness (QED) is 0.282. The van der Waals surface area contributed by atoms with Crippen LogP contribution in [0.2, 0.25) is 0 Å². The Morgan fingerprint density at radius 1 is 1.03 bits per heavy atom. The molecule has 6 nitrogen and oxygen atoms in total. The van der Waals surface area contributed by atoms with Crippen LogP contribution in [0.15, 0.2) is 62.6 Å². The molecule has 2 aliphatic carbocycles. The molecule has 2 aromatic carbocycles. The predicted molar refractivity (Wildman–Crippen MR) is 138 cm³/mol. The number of likely N-dealkylation sites (tertiary alicyclic amines) is 1. The monoisotopic (exact) mass is 599 g/mol. The van der Waals surface area contributed by atoms with E-state index in [0.29, 0.717) is 25.1 Å². The zero-order valence-corrected chi connectivity index (χ0v) is 22.7. The summed E-state index contributed by atoms with van der Waals surface area (Å²) < 4.78 is 12.2. The lowest BCUT2D eigenvalue weighted by Crippen LogP contribution is -2.65. The van der Waals surface area contributed by atoms with Crippen LogP contribution in [0.1, 0.15) is 30.0 Å². The van der Waals surface area contributed by atoms with Crippen LogP contribution in [0.3, 0.4) is 0 Å². The van der Waals surface area contributed by atoms with Gasteiger partial charge in [-0.05, 0) is 65.1 Å². The van der Waals surface area contributed by atoms with Crippen molar-refractivity contribution in [1.82, 2.24) is 4.90 Å². The van der Waals surface area contributed by atoms with Crippen molar-refractivity contribution in [3.05, 3.63) is 79.2 Å². The summed E-state index contributed by atoms with van der Waals surface area (Å²) in [6.45, 7) is 2.85. The number of benzene rings is 2. The Morgan fingerprint density at radius 3 is 2.34 bits per heavy atom. The molecule has 0 amide bonds. The molecule has 5 rings (SSSR count). The Balaban J connectivity index is 2.01. The van der Waals surface area contributed by atoms with E-state index < -0.39 is 28.7 Å². The number of methoxy groups -OCH3 is 2. The smallest absolute Gasteiger partial charge is 0.341 e. The highest BCUT2D eigenvalue weighted by Crippen LogP contribution is 2.66. The second-order valence-electron chi connectivity index (χ2n) is 8.85. The fraction of sp³-hybridized carbons (Fsp3) is 0.296. The second-order valence-corrected chi connectivity index (χ2v) is 10.7. The summed E-state index contributed by atoms with van der Waals surface area (Å²) in [5.74, 6) is -2.02. The molecular weight excluding hydrogens is 578 g/mol. The third-order valence-corrected chi connectivity index (χ3v) is 8.32. The summed E-state index contributed by atoms with van der Waals surface area (Å²) in [7, 11) is 2.54. The molecule has 2 aromatic rings. The van der Waals surface area contributed by atoms with E-state index in [2.05, 4.69) is 31.9 Å². The second kappa shape index (κ2) is 8.54. The van der Waals surface area contributed by atoms with Crippen LogP contribution >= 0.6 is 31.9 Å². The highest BCUT2D eigenvalue weighted by molar-refractivity contribution is 9.10. The molecule has 0 aromatic heterocycles. The van der Waals surface area contributed by atoms with E-state index in [1.807, 2.05) is 60.4 Å². The molecule has 1 fully saturated rings. The number of esters is 2. The van der Waals surface area contributed by atoms with Crippen molar-refractivity contribution < 1.29 is 23.9 Å². The number of carbonyl (C=O) groups excluding carboxylic acids is 3. The Morgan fingerprint density at radius 2 is 1.71 bits per heavy atom. The molecule has 35 heavy (non-hydrogen) atoms. The van der Waals surface area contributed by atoms with Gasteiger partial charge in [0.15, 0.2) is 0 Å². The van der Waals surface area contributed by atoms with Crippen molar-refractivity contribution in [3.8, 4) is 0 Å². The van der Waals surface area contributed by atoms with E-state index >= 15 is 0 Å². The van der Waals surface area contributed by atoms with Gasteiger partial charge in [-0.2, -0.15) is 0 Å². The highest BCUT2D eigenvalue weighted by Gasteiger charge is 2.78. The minimum atomic E-state index is -1.76. The summed E-state index contributed by atoms with van der Waals surface area (Å²) in [6.07, 6.45) is 2.75. The number of ketones is 1. The number of fused-ring (bicyclic) bond motifs is 2. The van der Waals surface area contributed by atoms with Gasteiger partial charge in [0.25, 0.3) is 0 Å². The predicted octanol–water partition coefficient (Wildman–Crippen LogP) is 4.69. The number of halogens is 2. The Labute approximate surface area is 220 Å². The third kappa shape index (κ3) is 2.93. The van der Waals surface area contributed by atoms with E-state index in [1.54, 1.807) is 0 Å². The Bertz CT molecular complexity index is 1350. The lowest BCUT2D eigenvalue weighted by Gasteiger charge is -2.45. The van der Waals surface area contributed by atoms with Crippen LogP contribution in [0.25, 0.3) is 11.6 Å². The lowest BCUT2D eigenvalue weighted by molar-refractivity contribution is -0.159. The number of ether oxygens (including phenoxy) is 2. The zero-order valence-electron chi connectivity index (χ0n) is 19.5. The van der Waals surface area contributed by atoms with Crippen LogP contribution in [-0.4, -0.2) is 55.5 Å². The van der Waals surface area contributed by atoms with Crippen LogP contribution in [0.5, 0.6) is 0 Å². The maximum absolute atomic E-state index is 14.5. The molecular formula is C27H23Br2NO5. The minimum Gasteiger partial charge on any atom is -0.467 e. The minimum absolute atomic E-state index is 0.101. The number of carbonyl (C=O) groups is 3. The average Bonchev–Trinajstić information content (AvgIpc) is 3.27. The summed E-state index contributed by atoms with van der Waals surface area (Å²) in [6, 6.07) is 13.3. The molecule has 1 aliphatic heterocycles. The van der Waals surface area contributed by atoms with Crippen molar-refractivity contribution in [2.24, 2.45) is 0 Å². The van der Waals surface area contributed by atoms with Crippen LogP contribution in [0, 0.1) is 0 Å². The Kier molecular flexibility index (Phi) is 5.89. The molecule has 1 saturated heterocycles. The SMILES string of the molecule is CCCN1CC2=Cc3cc(Br)ccc3C3=C(C(=O)OC)C(=O)[C@@]1(C(=O)OC)[C@]23c1ccc(Br)cc1. The molecule has 0 saturated carbocycles. The third-order valence-electron chi connectivity index (χ3n) is 7.29. The van der Waals surface area contributed by atoms with Crippen molar-refractivity contribution in [2.75, 3.05) is 27.3 Å². The molecule has 8 heteroatoms. The molecule has 1 heterocycles. The van der Waals surface area contributed by atoms with E-state index in [0.717, 1.165) is 31.2 Å². The number of hydrogen-bond donors (Lipinski definition) is 0. The van der Waals surface area contributed by atoms with Crippen LogP contribution < -0.4 is 0 Å². The molecule has 0 N–H and O–H groups in total. The summed E-state index contributed by atoms with van der Waals surface area (Å²) >= 11 is 7.03. The average molecular weight is 601 g/mol. The summed E-state index contributed by atoms with van der Waals surface area (Å²) in [4.78, 5) is 43.6. The van der Waals surface area contributed by atoms with Gasteiger partial charge in [-0.25, -0.2) is 9.59 Å². The first-order valence-electron chi connectivity index (χ1n) is 11.3. The van der Waals surface area contributed by atoms with Gasteiger partial charge >= 0.3 is 11.9 Å². The van der Waals surface area contributed by atoms with E-state index in [4.69, 9.17) is 9.47 Å². The van der Waals surface area contributed by atoms with Gasteiger partial charge in [0.2, 0.25) is 11.3 Å². The number of hydrogen-bond acceptors (Lipinski definition) is 6. The normalized spacial score (nSPS) is 24.7.